The predicted octanol–water partition coefficient (Wildman–Crippen LogP) is 1.72. The zero-order valence-corrected chi connectivity index (χ0v) is 10.7. The Labute approximate surface area is 104 Å². The summed E-state index contributed by atoms with van der Waals surface area (Å²) in [5.41, 5.74) is 0.865. The van der Waals surface area contributed by atoms with Crippen molar-refractivity contribution < 1.29 is 10.0 Å². The lowest BCUT2D eigenvalue weighted by Crippen LogP contribution is -2.01. The summed E-state index contributed by atoms with van der Waals surface area (Å²) in [6.45, 7) is 0.249. The highest BCUT2D eigenvalue weighted by Crippen LogP contribution is 2.17. The van der Waals surface area contributed by atoms with Crippen molar-refractivity contribution in [2.45, 2.75) is 25.0 Å². The third kappa shape index (κ3) is 4.35. The van der Waals surface area contributed by atoms with Gasteiger partial charge in [0.25, 0.3) is 0 Å². The minimum atomic E-state index is -0.477. The van der Waals surface area contributed by atoms with Crippen molar-refractivity contribution in [3.63, 3.8) is 0 Å². The average molecular weight is 259 g/mol. The monoisotopic (exact) mass is 259 g/mol. The number of unbranched alkanes of at least 4 members (excludes halogenated alkanes) is 2. The zero-order chi connectivity index (χ0) is 12.7. The predicted molar refractivity (Wildman–Crippen MR) is 67.0 cm³/mol. The molecule has 0 aliphatic carbocycles. The van der Waals surface area contributed by atoms with E-state index in [4.69, 9.17) is 5.11 Å². The molecule has 0 aliphatic heterocycles. The van der Waals surface area contributed by atoms with Crippen LogP contribution in [-0.4, -0.2) is 31.9 Å². The lowest BCUT2D eigenvalue weighted by atomic mass is 10.3. The summed E-state index contributed by atoms with van der Waals surface area (Å²) < 4.78 is 1.51. The van der Waals surface area contributed by atoms with Crippen LogP contribution in [0.5, 0.6) is 0 Å². The van der Waals surface area contributed by atoms with Gasteiger partial charge in [0.2, 0.25) is 0 Å². The van der Waals surface area contributed by atoms with Gasteiger partial charge in [-0.15, -0.1) is 0 Å². The lowest BCUT2D eigenvalue weighted by Gasteiger charge is -2.00. The number of aliphatic hydroxyl groups excluding tert-OH is 1. The zero-order valence-electron chi connectivity index (χ0n) is 9.83. The highest BCUT2D eigenvalue weighted by molar-refractivity contribution is 7.98. The second-order valence-electron chi connectivity index (χ2n) is 3.70. The maximum atomic E-state index is 10.6. The van der Waals surface area contributed by atoms with Crippen LogP contribution in [0.2, 0.25) is 0 Å². The standard InChI is InChI=1S/C10H17N3O3S/c1-12-9(7-11-10(12)13(15)16)8-17-6-4-2-3-5-14/h7,14H,2-6,8H2,1H3. The van der Waals surface area contributed by atoms with Gasteiger partial charge in [-0.3, -0.25) is 0 Å². The summed E-state index contributed by atoms with van der Waals surface area (Å²) in [6.07, 6.45) is 4.48. The Bertz CT molecular complexity index is 368. The van der Waals surface area contributed by atoms with Crippen molar-refractivity contribution in [3.8, 4) is 0 Å². The van der Waals surface area contributed by atoms with Crippen molar-refractivity contribution in [1.29, 1.82) is 0 Å². The van der Waals surface area contributed by atoms with Crippen LogP contribution in [-0.2, 0) is 12.8 Å². The molecule has 1 rings (SSSR count). The van der Waals surface area contributed by atoms with Gasteiger partial charge in [0.05, 0.1) is 12.8 Å². The van der Waals surface area contributed by atoms with Crippen molar-refractivity contribution >= 4 is 17.7 Å². The van der Waals surface area contributed by atoms with Crippen LogP contribution in [0.1, 0.15) is 25.0 Å². The van der Waals surface area contributed by atoms with Gasteiger partial charge in [-0.1, -0.05) is 11.4 Å². The minimum absolute atomic E-state index is 0.110. The smallest absolute Gasteiger partial charge is 0.396 e. The maximum absolute atomic E-state index is 10.6. The Balaban J connectivity index is 2.30. The molecular formula is C10H17N3O3S. The van der Waals surface area contributed by atoms with Gasteiger partial charge >= 0.3 is 5.95 Å². The van der Waals surface area contributed by atoms with Gasteiger partial charge < -0.3 is 15.2 Å². The minimum Gasteiger partial charge on any atom is -0.396 e. The van der Waals surface area contributed by atoms with Crippen LogP contribution in [0.15, 0.2) is 6.20 Å². The van der Waals surface area contributed by atoms with E-state index in [1.54, 1.807) is 25.0 Å². The fourth-order valence-corrected chi connectivity index (χ4v) is 2.44. The number of aliphatic hydroxyl groups is 1. The molecule has 1 N–H and O–H groups in total. The fraction of sp³-hybridized carbons (Fsp3) is 0.700. The Kier molecular flexibility index (Phi) is 5.99. The van der Waals surface area contributed by atoms with Crippen molar-refractivity contribution in [2.75, 3.05) is 12.4 Å². The molecule has 0 unspecified atom stereocenters. The SMILES string of the molecule is Cn1c(CSCCCCCO)cnc1[N+](=O)[O-]. The summed E-state index contributed by atoms with van der Waals surface area (Å²) in [7, 11) is 1.66. The average Bonchev–Trinajstić information content (AvgIpc) is 2.65. The first-order chi connectivity index (χ1) is 8.16. The van der Waals surface area contributed by atoms with Crippen molar-refractivity contribution in [2.24, 2.45) is 7.05 Å². The molecule has 0 saturated heterocycles. The lowest BCUT2D eigenvalue weighted by molar-refractivity contribution is -0.396. The van der Waals surface area contributed by atoms with E-state index in [0.717, 1.165) is 36.5 Å². The molecule has 0 amide bonds. The molecular weight excluding hydrogens is 242 g/mol. The molecule has 0 atom stereocenters. The normalized spacial score (nSPS) is 10.7. The Morgan fingerprint density at radius 3 is 2.88 bits per heavy atom. The van der Waals surface area contributed by atoms with Gasteiger partial charge in [0.1, 0.15) is 11.9 Å². The molecule has 0 spiro atoms. The van der Waals surface area contributed by atoms with Crippen LogP contribution in [0, 0.1) is 10.1 Å². The van der Waals surface area contributed by atoms with Gasteiger partial charge in [-0.2, -0.15) is 11.8 Å². The van der Waals surface area contributed by atoms with Crippen LogP contribution in [0.4, 0.5) is 5.95 Å². The summed E-state index contributed by atoms with van der Waals surface area (Å²) >= 11 is 1.73. The highest BCUT2D eigenvalue weighted by atomic mass is 32.2. The summed E-state index contributed by atoms with van der Waals surface area (Å²) in [6, 6.07) is 0. The molecule has 96 valence electrons. The van der Waals surface area contributed by atoms with E-state index in [1.807, 2.05) is 0 Å². The van der Waals surface area contributed by atoms with Crippen molar-refractivity contribution in [3.05, 3.63) is 22.0 Å². The molecule has 0 saturated carbocycles. The Hall–Kier alpha value is -1.08. The number of hydrogen-bond acceptors (Lipinski definition) is 5. The number of nitrogens with zero attached hydrogens (tertiary/aromatic N) is 3. The number of rotatable bonds is 8. The third-order valence-electron chi connectivity index (χ3n) is 2.42. The topological polar surface area (TPSA) is 81.2 Å². The molecule has 1 heterocycles. The first-order valence-corrected chi connectivity index (χ1v) is 6.66. The quantitative estimate of drug-likeness (QED) is 0.437. The molecule has 17 heavy (non-hydrogen) atoms. The number of nitro groups is 1. The van der Waals surface area contributed by atoms with E-state index in [9.17, 15) is 10.1 Å². The first kappa shape index (κ1) is 14.0. The largest absolute Gasteiger partial charge is 0.434 e. The molecule has 0 bridgehead atoms. The van der Waals surface area contributed by atoms with Gasteiger partial charge in [-0.25, -0.2) is 4.57 Å². The second-order valence-corrected chi connectivity index (χ2v) is 4.81. The molecule has 6 nitrogen and oxygen atoms in total. The summed E-state index contributed by atoms with van der Waals surface area (Å²) in [5.74, 6) is 1.62. The number of aromatic nitrogens is 2. The number of imidazole rings is 1. The van der Waals surface area contributed by atoms with Crippen LogP contribution < -0.4 is 0 Å². The highest BCUT2D eigenvalue weighted by Gasteiger charge is 2.16. The van der Waals surface area contributed by atoms with E-state index in [-0.39, 0.29) is 12.6 Å². The van der Waals surface area contributed by atoms with E-state index in [0.29, 0.717) is 0 Å². The van der Waals surface area contributed by atoms with Crippen LogP contribution >= 0.6 is 11.8 Å². The van der Waals surface area contributed by atoms with E-state index in [2.05, 4.69) is 4.98 Å². The molecule has 0 aliphatic rings. The van der Waals surface area contributed by atoms with Gasteiger partial charge in [0.15, 0.2) is 0 Å². The Morgan fingerprint density at radius 2 is 2.29 bits per heavy atom. The van der Waals surface area contributed by atoms with E-state index < -0.39 is 4.92 Å². The number of hydrogen-bond donors (Lipinski definition) is 1. The maximum Gasteiger partial charge on any atom is 0.434 e. The van der Waals surface area contributed by atoms with E-state index in [1.165, 1.54) is 4.57 Å². The first-order valence-electron chi connectivity index (χ1n) is 5.50. The Morgan fingerprint density at radius 1 is 1.53 bits per heavy atom. The third-order valence-corrected chi connectivity index (χ3v) is 3.50. The number of thioether (sulfide) groups is 1. The van der Waals surface area contributed by atoms with E-state index >= 15 is 0 Å². The molecule has 7 heteroatoms. The van der Waals surface area contributed by atoms with Gasteiger partial charge in [-0.05, 0) is 23.5 Å². The van der Waals surface area contributed by atoms with Crippen LogP contribution in [0.3, 0.4) is 0 Å². The molecule has 0 radical (unpaired) electrons. The molecule has 1 aromatic heterocycles. The van der Waals surface area contributed by atoms with Crippen molar-refractivity contribution in [1.82, 2.24) is 9.55 Å². The van der Waals surface area contributed by atoms with Gasteiger partial charge in [0, 0.05) is 6.61 Å². The molecule has 0 aromatic carbocycles. The summed E-state index contributed by atoms with van der Waals surface area (Å²) in [4.78, 5) is 13.9. The second kappa shape index (κ2) is 7.29. The summed E-state index contributed by atoms with van der Waals surface area (Å²) in [5, 5.41) is 19.2. The fourth-order valence-electron chi connectivity index (χ4n) is 1.41. The molecule has 1 aromatic rings. The van der Waals surface area contributed by atoms with Crippen LogP contribution in [0.25, 0.3) is 0 Å². The molecule has 0 fully saturated rings.